The lowest BCUT2D eigenvalue weighted by Gasteiger charge is -2.13. The maximum absolute atomic E-state index is 13.0. The highest BCUT2D eigenvalue weighted by Gasteiger charge is 2.34. The smallest absolute Gasteiger partial charge is 0.282 e. The fourth-order valence-corrected chi connectivity index (χ4v) is 4.01. The van der Waals surface area contributed by atoms with Gasteiger partial charge in [-0.15, -0.1) is 0 Å². The zero-order valence-corrected chi connectivity index (χ0v) is 18.2. The zero-order chi connectivity index (χ0) is 22.8. The van der Waals surface area contributed by atoms with E-state index in [-0.39, 0.29) is 11.5 Å². The number of nitrogens with one attached hydrogen (secondary N) is 1. The number of hydrogen-bond acceptors (Lipinski definition) is 3. The van der Waals surface area contributed by atoms with Crippen molar-refractivity contribution in [3.8, 4) is 5.75 Å². The van der Waals surface area contributed by atoms with Crippen LogP contribution in [0.2, 0.25) is 0 Å². The molecule has 33 heavy (non-hydrogen) atoms. The van der Waals surface area contributed by atoms with Gasteiger partial charge >= 0.3 is 0 Å². The van der Waals surface area contributed by atoms with Gasteiger partial charge in [0.05, 0.1) is 12.2 Å². The van der Waals surface area contributed by atoms with Crippen molar-refractivity contribution in [3.63, 3.8) is 0 Å². The van der Waals surface area contributed by atoms with Crippen molar-refractivity contribution in [3.05, 3.63) is 102 Å². The molecule has 0 aliphatic carbocycles. The van der Waals surface area contributed by atoms with E-state index in [0.717, 1.165) is 27.8 Å². The topological polar surface area (TPSA) is 63.6 Å². The van der Waals surface area contributed by atoms with E-state index in [1.165, 1.54) is 5.01 Å². The summed E-state index contributed by atoms with van der Waals surface area (Å²) in [7, 11) is 0. The van der Waals surface area contributed by atoms with Crippen LogP contribution in [0.4, 0.5) is 5.69 Å². The van der Waals surface area contributed by atoms with Crippen LogP contribution in [0, 0.1) is 6.92 Å². The highest BCUT2D eigenvalue weighted by atomic mass is 16.5. The van der Waals surface area contributed by atoms with Gasteiger partial charge in [-0.25, -0.2) is 5.01 Å². The number of carbonyl (C=O) groups excluding carboxylic acids is 2. The van der Waals surface area contributed by atoms with Crippen LogP contribution in [0.25, 0.3) is 17.0 Å². The average molecular weight is 437 g/mol. The Kier molecular flexibility index (Phi) is 5.40. The van der Waals surface area contributed by atoms with Crippen molar-refractivity contribution in [2.75, 3.05) is 11.6 Å². The van der Waals surface area contributed by atoms with Crippen molar-refractivity contribution in [1.82, 2.24) is 9.99 Å². The summed E-state index contributed by atoms with van der Waals surface area (Å²) >= 11 is 0. The molecule has 1 aliphatic heterocycles. The fourth-order valence-electron chi connectivity index (χ4n) is 4.01. The Morgan fingerprint density at radius 2 is 1.73 bits per heavy atom. The molecule has 2 amide bonds. The predicted octanol–water partition coefficient (Wildman–Crippen LogP) is 4.49. The van der Waals surface area contributed by atoms with Gasteiger partial charge in [0.15, 0.2) is 0 Å². The van der Waals surface area contributed by atoms with E-state index in [2.05, 4.69) is 9.99 Å². The largest absolute Gasteiger partial charge is 0.492 e. The molecule has 1 aromatic heterocycles. The summed E-state index contributed by atoms with van der Waals surface area (Å²) in [6, 6.07) is 25.0. The van der Waals surface area contributed by atoms with Gasteiger partial charge in [0.25, 0.3) is 11.8 Å². The molecule has 4 aromatic rings. The second-order valence-corrected chi connectivity index (χ2v) is 7.94. The molecule has 1 aliphatic rings. The van der Waals surface area contributed by atoms with E-state index in [0.29, 0.717) is 18.8 Å². The number of amides is 2. The molecule has 0 bridgehead atoms. The molecule has 0 unspecified atom stereocenters. The van der Waals surface area contributed by atoms with Crippen molar-refractivity contribution in [2.24, 2.45) is 0 Å². The third kappa shape index (κ3) is 4.11. The molecule has 164 valence electrons. The zero-order valence-electron chi connectivity index (χ0n) is 18.2. The number of fused-ring (bicyclic) bond motifs is 1. The number of ether oxygens (including phenoxy) is 1. The Bertz CT molecular complexity index is 1370. The van der Waals surface area contributed by atoms with Crippen molar-refractivity contribution in [1.29, 1.82) is 0 Å². The first-order valence-corrected chi connectivity index (χ1v) is 10.8. The molecule has 0 saturated carbocycles. The molecular formula is C27H23N3O3. The van der Waals surface area contributed by atoms with Crippen molar-refractivity contribution < 1.29 is 14.3 Å². The first-order chi connectivity index (χ1) is 16.1. The van der Waals surface area contributed by atoms with Gasteiger partial charge in [-0.05, 0) is 48.9 Å². The monoisotopic (exact) mass is 437 g/mol. The number of carbonyl (C=O) groups is 2. The van der Waals surface area contributed by atoms with E-state index in [9.17, 15) is 9.59 Å². The highest BCUT2D eigenvalue weighted by Crippen LogP contribution is 2.26. The normalized spacial score (nSPS) is 14.8. The molecule has 0 radical (unpaired) electrons. The van der Waals surface area contributed by atoms with Crippen LogP contribution in [0.15, 0.2) is 90.6 Å². The molecule has 6 heteroatoms. The second kappa shape index (κ2) is 8.67. The van der Waals surface area contributed by atoms with Gasteiger partial charge in [0.1, 0.15) is 17.9 Å². The van der Waals surface area contributed by atoms with Gasteiger partial charge in [0.2, 0.25) is 0 Å². The summed E-state index contributed by atoms with van der Waals surface area (Å²) in [5.74, 6) is 0.0531. The minimum absolute atomic E-state index is 0.109. The number of hydrogen-bond donors (Lipinski definition) is 1. The first kappa shape index (κ1) is 20.6. The average Bonchev–Trinajstić information content (AvgIpc) is 3.32. The fraction of sp³-hybridized carbons (Fsp3) is 0.111. The van der Waals surface area contributed by atoms with Crippen LogP contribution in [-0.4, -0.2) is 23.0 Å². The molecular weight excluding hydrogens is 414 g/mol. The van der Waals surface area contributed by atoms with Crippen molar-refractivity contribution in [2.45, 2.75) is 13.5 Å². The second-order valence-electron chi connectivity index (χ2n) is 7.94. The van der Waals surface area contributed by atoms with Crippen LogP contribution < -0.4 is 15.2 Å². The maximum Gasteiger partial charge on any atom is 0.282 e. The number of para-hydroxylation sites is 2. The number of aryl methyl sites for hydroxylation is 1. The van der Waals surface area contributed by atoms with Crippen LogP contribution in [0.1, 0.15) is 11.1 Å². The number of hydrazine groups is 1. The summed E-state index contributed by atoms with van der Waals surface area (Å²) in [6.07, 6.45) is 3.63. The third-order valence-electron chi connectivity index (χ3n) is 5.62. The Balaban J connectivity index is 1.41. The number of rotatable bonds is 6. The Hall–Kier alpha value is -4.32. The van der Waals surface area contributed by atoms with E-state index in [1.807, 2.05) is 79.9 Å². The van der Waals surface area contributed by atoms with Gasteiger partial charge in [-0.1, -0.05) is 48.5 Å². The van der Waals surface area contributed by atoms with Crippen LogP contribution in [0.5, 0.6) is 5.75 Å². The van der Waals surface area contributed by atoms with Gasteiger partial charge in [0, 0.05) is 22.7 Å². The lowest BCUT2D eigenvalue weighted by molar-refractivity contribution is -0.117. The molecule has 6 nitrogen and oxygen atoms in total. The summed E-state index contributed by atoms with van der Waals surface area (Å²) in [5, 5.41) is 2.25. The molecule has 5 rings (SSSR count). The summed E-state index contributed by atoms with van der Waals surface area (Å²) in [6.45, 7) is 3.17. The number of anilines is 1. The van der Waals surface area contributed by atoms with E-state index >= 15 is 0 Å². The summed E-state index contributed by atoms with van der Waals surface area (Å²) < 4.78 is 8.01. The highest BCUT2D eigenvalue weighted by molar-refractivity contribution is 6.32. The molecule has 0 atom stereocenters. The Morgan fingerprint density at radius 1 is 0.939 bits per heavy atom. The SMILES string of the molecule is Cc1cccc(OCCn2cc(C=C3C(=O)NN(c4ccccc4)C3=O)c3ccccc32)c1. The number of benzene rings is 3. The number of nitrogens with zero attached hydrogens (tertiary/aromatic N) is 2. The van der Waals surface area contributed by atoms with Crippen LogP contribution in [0.3, 0.4) is 0 Å². The van der Waals surface area contributed by atoms with E-state index in [1.54, 1.807) is 18.2 Å². The quantitative estimate of drug-likeness (QED) is 0.357. The summed E-state index contributed by atoms with van der Waals surface area (Å²) in [4.78, 5) is 25.6. The molecule has 1 saturated heterocycles. The standard InChI is InChI=1S/C27H23N3O3/c1-19-8-7-11-22(16-19)33-15-14-29-18-20(23-12-5-6-13-25(23)29)17-24-26(31)28-30(27(24)32)21-9-3-2-4-10-21/h2-13,16-18H,14-15H2,1H3,(H,28,31). The molecule has 1 fully saturated rings. The maximum atomic E-state index is 13.0. The summed E-state index contributed by atoms with van der Waals surface area (Å²) in [5.41, 5.74) is 6.36. The van der Waals surface area contributed by atoms with Gasteiger partial charge in [-0.3, -0.25) is 15.0 Å². The Labute approximate surface area is 191 Å². The van der Waals surface area contributed by atoms with Gasteiger partial charge in [-0.2, -0.15) is 0 Å². The third-order valence-corrected chi connectivity index (χ3v) is 5.62. The van der Waals surface area contributed by atoms with E-state index < -0.39 is 5.91 Å². The van der Waals surface area contributed by atoms with Gasteiger partial charge < -0.3 is 9.30 Å². The minimum atomic E-state index is -0.413. The molecule has 0 spiro atoms. The first-order valence-electron chi connectivity index (χ1n) is 10.8. The molecule has 1 N–H and O–H groups in total. The predicted molar refractivity (Wildman–Crippen MR) is 129 cm³/mol. The number of aromatic nitrogens is 1. The Morgan fingerprint density at radius 3 is 2.55 bits per heavy atom. The molecule has 3 aromatic carbocycles. The van der Waals surface area contributed by atoms with E-state index in [4.69, 9.17) is 4.74 Å². The lowest BCUT2D eigenvalue weighted by Crippen LogP contribution is -2.35. The van der Waals surface area contributed by atoms with Crippen LogP contribution in [-0.2, 0) is 16.1 Å². The van der Waals surface area contributed by atoms with Crippen LogP contribution >= 0.6 is 0 Å². The lowest BCUT2D eigenvalue weighted by atomic mass is 10.1. The van der Waals surface area contributed by atoms with Crippen molar-refractivity contribution >= 4 is 34.5 Å². The molecule has 2 heterocycles. The minimum Gasteiger partial charge on any atom is -0.492 e.